The number of benzene rings is 1. The number of rotatable bonds is 23. The number of alkyl halides is 6. The maximum absolute atomic E-state index is 13.6. The van der Waals surface area contributed by atoms with E-state index in [1.807, 2.05) is 42.2 Å². The topological polar surface area (TPSA) is 232 Å². The predicted molar refractivity (Wildman–Crippen MR) is 455 cm³/mol. The molecule has 12 heterocycles. The highest BCUT2D eigenvalue weighted by molar-refractivity contribution is 6.11. The van der Waals surface area contributed by atoms with Gasteiger partial charge < -0.3 is 40.9 Å². The number of anilines is 4. The van der Waals surface area contributed by atoms with Gasteiger partial charge in [-0.15, -0.1) is 5.92 Å². The van der Waals surface area contributed by atoms with Gasteiger partial charge in [0.1, 0.15) is 46.0 Å². The van der Waals surface area contributed by atoms with Crippen molar-refractivity contribution in [3.05, 3.63) is 248 Å². The molecule has 4 aliphatic rings. The van der Waals surface area contributed by atoms with Crippen LogP contribution < -0.4 is 40.9 Å². The lowest BCUT2D eigenvalue weighted by Gasteiger charge is -2.35. The Balaban J connectivity index is 0.000000544. The summed E-state index contributed by atoms with van der Waals surface area (Å²) in [4.78, 5) is 95.6. The average Bonchev–Trinajstić information content (AvgIpc) is 0.806. The summed E-state index contributed by atoms with van der Waals surface area (Å²) in [5.74, 6) is 8.71. The monoisotopic (exact) mass is 1590 g/mol. The van der Waals surface area contributed by atoms with Crippen LogP contribution in [0.4, 0.5) is 49.6 Å². The molecular formula is C89H120F6N16O4. The zero-order chi connectivity index (χ0) is 82.4. The number of carbonyl (C=O) groups is 4. The van der Waals surface area contributed by atoms with Crippen molar-refractivity contribution >= 4 is 46.4 Å². The number of ketones is 4. The van der Waals surface area contributed by atoms with Crippen LogP contribution in [0.1, 0.15) is 213 Å². The number of hydrogen-bond donors (Lipinski definition) is 4. The summed E-state index contributed by atoms with van der Waals surface area (Å²) in [6, 6.07) is 37.6. The van der Waals surface area contributed by atoms with Crippen LogP contribution in [0.3, 0.4) is 0 Å². The molecular weight excluding hydrogens is 1470 g/mol. The SMILES string of the molecule is CC#Cc1ccc(N2CCN[C@@H](CC(C)C)C2)nc1C(=O)c1cccnc1C.Cc1ncccc1C(=O)c1nc(N2CCNC(c3ccccc3)C2)ccc1C(F)F.Cc1ncccc1C(=O)c1nc(N2CCN[C@@H](CC(C)C)C2)ccc1C(F)F.Cc1ncccc1C(=O)c1nc(N2CCN[C@@H](CC(C)C)C2)ccc1CC(F)F.[HH].[HH].[HH].[HH].[HH].[HH].[HH].[HH]. The zero-order valence-corrected chi connectivity index (χ0v) is 67.3. The van der Waals surface area contributed by atoms with E-state index in [-0.39, 0.29) is 68.4 Å². The van der Waals surface area contributed by atoms with Crippen LogP contribution in [0.25, 0.3) is 0 Å². The molecule has 8 aromatic heterocycles. The largest absolute Gasteiger partial charge is 0.354 e. The molecule has 0 bridgehead atoms. The number of nitrogens with zero attached hydrogens (tertiary/aromatic N) is 12. The van der Waals surface area contributed by atoms with Crippen molar-refractivity contribution < 1.29 is 56.9 Å². The van der Waals surface area contributed by atoms with Gasteiger partial charge in [0, 0.05) is 201 Å². The molecule has 4 atom stereocenters. The minimum atomic E-state index is -2.79. The second-order valence-electron chi connectivity index (χ2n) is 30.4. The normalized spacial score (nSPS) is 17.0. The van der Waals surface area contributed by atoms with Gasteiger partial charge in [0.25, 0.3) is 12.9 Å². The van der Waals surface area contributed by atoms with E-state index in [1.165, 1.54) is 12.1 Å². The number of aryl methyl sites for hydroxylation is 4. The highest BCUT2D eigenvalue weighted by atomic mass is 19.3. The second kappa shape index (κ2) is 41.5. The van der Waals surface area contributed by atoms with E-state index in [0.29, 0.717) is 117 Å². The fourth-order valence-corrected chi connectivity index (χ4v) is 14.8. The van der Waals surface area contributed by atoms with Crippen molar-refractivity contribution in [3.8, 4) is 11.8 Å². The summed E-state index contributed by atoms with van der Waals surface area (Å²) in [6.07, 6.45) is 1.02. The van der Waals surface area contributed by atoms with Crippen molar-refractivity contribution in [2.45, 2.75) is 145 Å². The Morgan fingerprint density at radius 3 is 1.12 bits per heavy atom. The van der Waals surface area contributed by atoms with Gasteiger partial charge in [-0.1, -0.05) is 83.9 Å². The standard InChI is InChI=1S/C23H22F2N4O.C23H28N4O.C22H28F2N4O.C21H26F2N4O.8H2/c1-15-17(8-5-11-26-15)22(30)21-18(23(24)25)9-10-20(28-21)29-13-12-27-19(14-29)16-6-3-2-4-7-16;1-5-7-18-9-10-21(27-13-12-25-19(15-27)14-16(2)3)26-22(18)23(28)20-8-6-11-24-17(20)4;1-14(2)11-17-13-28(10-9-26-17)20-7-6-16(12-19(23)24)21(27-20)22(29)18-5-4-8-25-15(18)3;1-13(2)11-15-12-27(10-9-25-15)18-7-6-17(21(22)23)19(26-18)20(28)16-5-4-8-24-14(16)3;;;;;;;;/h2-11,19,23,27H,12-14H2,1H3;6,8-11,16,19,25H,12-15H2,1-4H3;4-8,14,17,19,26H,9-13H2,1-3H3;4-8,13,15,21,25H,9-12H2,1-3H3;8*1H/t;19-;17-;15-;;;;;;;;/m.000......../s1. The summed E-state index contributed by atoms with van der Waals surface area (Å²) >= 11 is 0. The highest BCUT2D eigenvalue weighted by Crippen LogP contribution is 2.32. The Morgan fingerprint density at radius 2 is 0.757 bits per heavy atom. The molecule has 0 aliphatic carbocycles. The van der Waals surface area contributed by atoms with Gasteiger partial charge >= 0.3 is 0 Å². The van der Waals surface area contributed by atoms with Crippen molar-refractivity contribution in [2.75, 3.05) is 98.1 Å². The Hall–Kier alpha value is -10.7. The summed E-state index contributed by atoms with van der Waals surface area (Å²) < 4.78 is 80.6. The van der Waals surface area contributed by atoms with Gasteiger partial charge in [0.05, 0.1) is 5.56 Å². The number of carbonyl (C=O) groups excluding carboxylic acids is 4. The molecule has 115 heavy (non-hydrogen) atoms. The van der Waals surface area contributed by atoms with Gasteiger partial charge in [-0.2, -0.15) is 0 Å². The lowest BCUT2D eigenvalue weighted by Crippen LogP contribution is -2.51. The first kappa shape index (κ1) is 86.7. The Labute approximate surface area is 682 Å². The van der Waals surface area contributed by atoms with Crippen molar-refractivity contribution in [1.29, 1.82) is 0 Å². The molecule has 0 amide bonds. The first-order valence-electron chi connectivity index (χ1n) is 39.4. The smallest absolute Gasteiger partial charge is 0.266 e. The van der Waals surface area contributed by atoms with E-state index < -0.39 is 37.3 Å². The van der Waals surface area contributed by atoms with Crippen LogP contribution in [0, 0.1) is 57.3 Å². The lowest BCUT2D eigenvalue weighted by molar-refractivity contribution is 0.101. The Morgan fingerprint density at radius 1 is 0.417 bits per heavy atom. The maximum Gasteiger partial charge on any atom is 0.266 e. The van der Waals surface area contributed by atoms with Crippen LogP contribution in [0.2, 0.25) is 0 Å². The molecule has 4 fully saturated rings. The third-order valence-corrected chi connectivity index (χ3v) is 20.3. The van der Waals surface area contributed by atoms with Crippen LogP contribution in [-0.2, 0) is 6.42 Å². The van der Waals surface area contributed by atoms with E-state index >= 15 is 0 Å². The van der Waals surface area contributed by atoms with Crippen molar-refractivity contribution in [3.63, 3.8) is 0 Å². The molecule has 26 heteroatoms. The number of halogens is 6. The fraction of sp³-hybridized carbons (Fsp3) is 0.416. The molecule has 622 valence electrons. The molecule has 4 N–H and O–H groups in total. The Bertz CT molecular complexity index is 4890. The average molecular weight is 1590 g/mol. The fourth-order valence-electron chi connectivity index (χ4n) is 14.8. The molecule has 0 saturated carbocycles. The first-order chi connectivity index (χ1) is 55.2. The Kier molecular flexibility index (Phi) is 31.3. The molecule has 4 saturated heterocycles. The molecule has 20 nitrogen and oxygen atoms in total. The van der Waals surface area contributed by atoms with Gasteiger partial charge in [0.15, 0.2) is 0 Å². The van der Waals surface area contributed by atoms with Crippen molar-refractivity contribution in [1.82, 2.24) is 61.1 Å². The minimum absolute atomic E-state index is 0. The van der Waals surface area contributed by atoms with Crippen LogP contribution in [-0.4, -0.2) is 166 Å². The number of aromatic nitrogens is 8. The molecule has 9 aromatic rings. The van der Waals surface area contributed by atoms with Gasteiger partial charge in [0.2, 0.25) is 29.6 Å². The maximum atomic E-state index is 13.6. The second-order valence-corrected chi connectivity index (χ2v) is 30.4. The predicted octanol–water partition coefficient (Wildman–Crippen LogP) is 16.7. The van der Waals surface area contributed by atoms with Crippen LogP contribution in [0.5, 0.6) is 0 Å². The molecule has 0 radical (unpaired) electrons. The van der Waals surface area contributed by atoms with Gasteiger partial charge in [-0.3, -0.25) is 39.1 Å². The number of piperazine rings is 4. The van der Waals surface area contributed by atoms with E-state index in [1.54, 1.807) is 125 Å². The molecule has 13 rings (SSSR count). The summed E-state index contributed by atoms with van der Waals surface area (Å²) in [5, 5.41) is 14.1. The minimum Gasteiger partial charge on any atom is -0.354 e. The van der Waals surface area contributed by atoms with E-state index in [0.717, 1.165) is 96.1 Å². The van der Waals surface area contributed by atoms with Crippen LogP contribution in [0.15, 0.2) is 152 Å². The lowest BCUT2D eigenvalue weighted by atomic mass is 10.00. The zero-order valence-electron chi connectivity index (χ0n) is 67.3. The first-order valence-corrected chi connectivity index (χ1v) is 39.4. The summed E-state index contributed by atoms with van der Waals surface area (Å²) in [5.41, 5.74) is 5.27. The summed E-state index contributed by atoms with van der Waals surface area (Å²) in [6.45, 7) is 31.2. The molecule has 4 aliphatic heterocycles. The van der Waals surface area contributed by atoms with Gasteiger partial charge in [-0.05, 0) is 174 Å². The number of pyridine rings is 8. The van der Waals surface area contributed by atoms with E-state index in [4.69, 9.17) is 4.98 Å². The molecule has 1 unspecified atom stereocenters. The molecule has 0 spiro atoms. The number of hydrogen-bond acceptors (Lipinski definition) is 20. The van der Waals surface area contributed by atoms with E-state index in [9.17, 15) is 45.5 Å². The van der Waals surface area contributed by atoms with E-state index in [2.05, 4.69) is 136 Å². The third-order valence-electron chi connectivity index (χ3n) is 20.3. The highest BCUT2D eigenvalue weighted by Gasteiger charge is 2.32. The molecule has 1 aromatic carbocycles. The summed E-state index contributed by atoms with van der Waals surface area (Å²) in [7, 11) is 0. The van der Waals surface area contributed by atoms with Gasteiger partial charge in [-0.25, -0.2) is 46.3 Å². The third kappa shape index (κ3) is 23.5. The number of nitrogens with one attached hydrogen (secondary N) is 4. The quantitative estimate of drug-likeness (QED) is 0.0265. The van der Waals surface area contributed by atoms with Crippen molar-refractivity contribution in [2.24, 2.45) is 17.8 Å². The van der Waals surface area contributed by atoms with Crippen LogP contribution >= 0.6 is 0 Å².